The molecule has 0 spiro atoms. The molecule has 1 heterocycles. The summed E-state index contributed by atoms with van der Waals surface area (Å²) in [5.41, 5.74) is -1.25. The normalized spacial score (nSPS) is 12.3. The fraction of sp³-hybridized carbons (Fsp3) is 0.429. The zero-order valence-corrected chi connectivity index (χ0v) is 9.04. The molecule has 0 radical (unpaired) electrons. The van der Waals surface area contributed by atoms with E-state index in [1.165, 1.54) is 0 Å². The number of carbonyl (C=O) groups is 1. The molecule has 0 aliphatic rings. The van der Waals surface area contributed by atoms with Crippen molar-refractivity contribution in [2.75, 3.05) is 11.9 Å². The lowest BCUT2D eigenvalue weighted by molar-refractivity contribution is -0.159. The number of nitrogens with zero attached hydrogens (tertiary/aromatic N) is 1. The Labute approximate surface area is 99.6 Å². The number of hydrogen-bond acceptors (Lipinski definition) is 4. The molecule has 1 N–H and O–H groups in total. The van der Waals surface area contributed by atoms with E-state index in [-0.39, 0.29) is 0 Å². The smallest absolute Gasteiger partial charge is 0.434 e. The summed E-state index contributed by atoms with van der Waals surface area (Å²) in [6, 6.07) is 0. The first kappa shape index (κ1) is 14.5. The second-order valence-corrected chi connectivity index (χ2v) is 3.71. The van der Waals surface area contributed by atoms with Gasteiger partial charge in [-0.15, -0.1) is 11.3 Å². The minimum absolute atomic E-state index is 0.414. The molecule has 0 bridgehead atoms. The Morgan fingerprint density at radius 2 is 1.94 bits per heavy atom. The molecule has 0 unspecified atom stereocenters. The van der Waals surface area contributed by atoms with E-state index in [4.69, 9.17) is 0 Å². The van der Waals surface area contributed by atoms with Crippen molar-refractivity contribution in [1.82, 2.24) is 4.98 Å². The summed E-state index contributed by atoms with van der Waals surface area (Å²) in [5.74, 6) is 0. The Hall–Kier alpha value is -1.52. The Kier molecular flexibility index (Phi) is 4.04. The highest BCUT2D eigenvalue weighted by Crippen LogP contribution is 2.31. The SMILES string of the molecule is O=C(Nc1nc(C(F)(F)F)cs1)OCC(F)(F)F. The molecular weight excluding hydrogens is 290 g/mol. The van der Waals surface area contributed by atoms with Crippen molar-refractivity contribution in [3.05, 3.63) is 11.1 Å². The summed E-state index contributed by atoms with van der Waals surface area (Å²) >= 11 is 0.414. The number of nitrogens with one attached hydrogen (secondary N) is 1. The number of halogens is 6. The van der Waals surface area contributed by atoms with Crippen molar-refractivity contribution >= 4 is 22.6 Å². The van der Waals surface area contributed by atoms with E-state index in [1.807, 2.05) is 0 Å². The fourth-order valence-electron chi connectivity index (χ4n) is 0.732. The number of carbonyl (C=O) groups excluding carboxylic acids is 1. The second-order valence-electron chi connectivity index (χ2n) is 2.85. The monoisotopic (exact) mass is 294 g/mol. The van der Waals surface area contributed by atoms with Crippen LogP contribution in [0.5, 0.6) is 0 Å². The summed E-state index contributed by atoms with van der Waals surface area (Å²) in [4.78, 5) is 13.7. The topological polar surface area (TPSA) is 51.2 Å². The predicted octanol–water partition coefficient (Wildman–Crippen LogP) is 3.27. The van der Waals surface area contributed by atoms with Gasteiger partial charge >= 0.3 is 18.4 Å². The maximum Gasteiger partial charge on any atom is 0.434 e. The maximum atomic E-state index is 12.1. The number of alkyl halides is 6. The molecule has 102 valence electrons. The molecule has 0 atom stereocenters. The molecule has 0 fully saturated rings. The molecule has 0 aliphatic heterocycles. The predicted molar refractivity (Wildman–Crippen MR) is 48.1 cm³/mol. The largest absolute Gasteiger partial charge is 0.440 e. The summed E-state index contributed by atoms with van der Waals surface area (Å²) in [6.07, 6.45) is -10.9. The zero-order chi connectivity index (χ0) is 14.0. The first-order valence-corrected chi connectivity index (χ1v) is 4.99. The van der Waals surface area contributed by atoms with Crippen molar-refractivity contribution in [2.24, 2.45) is 0 Å². The van der Waals surface area contributed by atoms with Gasteiger partial charge in [-0.3, -0.25) is 5.32 Å². The van der Waals surface area contributed by atoms with Crippen LogP contribution in [0.2, 0.25) is 0 Å². The van der Waals surface area contributed by atoms with Gasteiger partial charge in [0.2, 0.25) is 0 Å². The molecule has 0 saturated carbocycles. The lowest BCUT2D eigenvalue weighted by Gasteiger charge is -2.07. The van der Waals surface area contributed by atoms with E-state index in [1.54, 1.807) is 5.32 Å². The molecule has 18 heavy (non-hydrogen) atoms. The molecule has 11 heteroatoms. The molecule has 1 aromatic rings. The maximum absolute atomic E-state index is 12.1. The molecule has 1 amide bonds. The van der Waals surface area contributed by atoms with E-state index in [0.717, 1.165) is 0 Å². The Bertz CT molecular complexity index is 426. The average molecular weight is 294 g/mol. The third-order valence-electron chi connectivity index (χ3n) is 1.37. The molecule has 1 aromatic heterocycles. The van der Waals surface area contributed by atoms with Crippen molar-refractivity contribution in [2.45, 2.75) is 12.4 Å². The molecule has 0 saturated heterocycles. The number of anilines is 1. The van der Waals surface area contributed by atoms with Gasteiger partial charge < -0.3 is 4.74 Å². The first-order chi connectivity index (χ1) is 8.08. The van der Waals surface area contributed by atoms with Crippen LogP contribution in [0.15, 0.2) is 5.38 Å². The summed E-state index contributed by atoms with van der Waals surface area (Å²) in [5, 5.41) is 1.76. The fourth-order valence-corrected chi connectivity index (χ4v) is 1.44. The van der Waals surface area contributed by atoms with Gasteiger partial charge in [0.25, 0.3) is 0 Å². The first-order valence-electron chi connectivity index (χ1n) is 4.11. The number of amides is 1. The van der Waals surface area contributed by atoms with Crippen LogP contribution in [0.1, 0.15) is 5.69 Å². The van der Waals surface area contributed by atoms with E-state index < -0.39 is 35.9 Å². The van der Waals surface area contributed by atoms with Crippen LogP contribution in [0, 0.1) is 0 Å². The van der Waals surface area contributed by atoms with Crippen LogP contribution < -0.4 is 5.32 Å². The minimum atomic E-state index is -4.71. The van der Waals surface area contributed by atoms with Gasteiger partial charge in [0.15, 0.2) is 17.4 Å². The molecule has 0 aliphatic carbocycles. The summed E-state index contributed by atoms with van der Waals surface area (Å²) < 4.78 is 74.9. The minimum Gasteiger partial charge on any atom is -0.440 e. The van der Waals surface area contributed by atoms with Crippen LogP contribution in [0.4, 0.5) is 36.3 Å². The highest BCUT2D eigenvalue weighted by atomic mass is 32.1. The zero-order valence-electron chi connectivity index (χ0n) is 8.22. The lowest BCUT2D eigenvalue weighted by atomic mass is 10.5. The number of ether oxygens (including phenoxy) is 1. The molecule has 4 nitrogen and oxygen atoms in total. The van der Waals surface area contributed by atoms with E-state index >= 15 is 0 Å². The van der Waals surface area contributed by atoms with Gasteiger partial charge in [-0.1, -0.05) is 0 Å². The van der Waals surface area contributed by atoms with Gasteiger partial charge in [-0.05, 0) is 0 Å². The van der Waals surface area contributed by atoms with Crippen LogP contribution in [0.25, 0.3) is 0 Å². The molecule has 1 rings (SSSR count). The van der Waals surface area contributed by atoms with E-state index in [0.29, 0.717) is 16.7 Å². The van der Waals surface area contributed by atoms with Crippen LogP contribution in [-0.2, 0) is 10.9 Å². The van der Waals surface area contributed by atoms with Crippen LogP contribution >= 0.6 is 11.3 Å². The molecule has 0 aromatic carbocycles. The van der Waals surface area contributed by atoms with Crippen molar-refractivity contribution in [3.63, 3.8) is 0 Å². The third kappa shape index (κ3) is 4.77. The van der Waals surface area contributed by atoms with Crippen molar-refractivity contribution in [3.8, 4) is 0 Å². The van der Waals surface area contributed by atoms with Gasteiger partial charge in [-0.25, -0.2) is 9.78 Å². The van der Waals surface area contributed by atoms with Crippen LogP contribution in [-0.4, -0.2) is 23.9 Å². The highest BCUT2D eigenvalue weighted by Gasteiger charge is 2.34. The second kappa shape index (κ2) is 5.00. The quantitative estimate of drug-likeness (QED) is 0.852. The van der Waals surface area contributed by atoms with Gasteiger partial charge in [0.05, 0.1) is 0 Å². The lowest BCUT2D eigenvalue weighted by Crippen LogP contribution is -2.23. The number of aromatic nitrogens is 1. The Morgan fingerprint density at radius 1 is 1.33 bits per heavy atom. The molecular formula is C7H4F6N2O2S. The van der Waals surface area contributed by atoms with Gasteiger partial charge in [0, 0.05) is 5.38 Å². The number of hydrogen-bond donors (Lipinski definition) is 1. The van der Waals surface area contributed by atoms with Gasteiger partial charge in [-0.2, -0.15) is 26.3 Å². The Morgan fingerprint density at radius 3 is 2.39 bits per heavy atom. The van der Waals surface area contributed by atoms with Crippen molar-refractivity contribution in [1.29, 1.82) is 0 Å². The highest BCUT2D eigenvalue weighted by molar-refractivity contribution is 7.13. The third-order valence-corrected chi connectivity index (χ3v) is 2.13. The van der Waals surface area contributed by atoms with E-state index in [2.05, 4.69) is 9.72 Å². The number of rotatable bonds is 2. The van der Waals surface area contributed by atoms with Crippen LogP contribution in [0.3, 0.4) is 0 Å². The summed E-state index contributed by atoms with van der Waals surface area (Å²) in [6.45, 7) is -1.84. The Balaban J connectivity index is 2.53. The van der Waals surface area contributed by atoms with Gasteiger partial charge in [0.1, 0.15) is 0 Å². The average Bonchev–Trinajstić information content (AvgIpc) is 2.61. The number of thiazole rings is 1. The van der Waals surface area contributed by atoms with E-state index in [9.17, 15) is 31.1 Å². The standard InChI is InChI=1S/C7H4F6N2O2S/c8-6(9,10)2-17-5(16)15-4-14-3(1-18-4)7(11,12)13/h1H,2H2,(H,14,15,16). The van der Waals surface area contributed by atoms with Crippen molar-refractivity contribution < 1.29 is 35.9 Å². The summed E-state index contributed by atoms with van der Waals surface area (Å²) in [7, 11) is 0.